The molecular weight excluding hydrogens is 408 g/mol. The van der Waals surface area contributed by atoms with Crippen molar-refractivity contribution in [2.75, 3.05) is 33.4 Å². The first-order valence-electron chi connectivity index (χ1n) is 9.54. The molecule has 0 saturated heterocycles. The summed E-state index contributed by atoms with van der Waals surface area (Å²) in [6.07, 6.45) is 0.673. The van der Waals surface area contributed by atoms with Crippen molar-refractivity contribution in [2.24, 2.45) is 5.10 Å². The summed E-state index contributed by atoms with van der Waals surface area (Å²) in [6.45, 7) is 5.06. The number of hydrogen-bond acceptors (Lipinski definition) is 6. The molecule has 1 aliphatic heterocycles. The maximum absolute atomic E-state index is 13.2. The largest absolute Gasteiger partial charge is 0.383 e. The Bertz CT molecular complexity index is 863. The number of urea groups is 1. The monoisotopic (exact) mass is 434 g/mol. The summed E-state index contributed by atoms with van der Waals surface area (Å²) in [5.41, 5.74) is 2.06. The summed E-state index contributed by atoms with van der Waals surface area (Å²) in [5, 5.41) is 13.0. The molecule has 3 rings (SSSR count). The topological polar surface area (TPSA) is 74.2 Å². The van der Waals surface area contributed by atoms with E-state index in [1.807, 2.05) is 29.8 Å². The molecule has 3 heterocycles. The summed E-state index contributed by atoms with van der Waals surface area (Å²) in [7, 11) is 1.57. The van der Waals surface area contributed by atoms with E-state index in [0.29, 0.717) is 26.1 Å². The molecule has 0 spiro atoms. The third-order valence-electron chi connectivity index (χ3n) is 4.68. The van der Waals surface area contributed by atoms with Crippen LogP contribution in [-0.4, -0.2) is 60.9 Å². The predicted molar refractivity (Wildman–Crippen MR) is 117 cm³/mol. The highest BCUT2D eigenvalue weighted by Gasteiger charge is 2.35. The van der Waals surface area contributed by atoms with Gasteiger partial charge in [-0.2, -0.15) is 5.10 Å². The van der Waals surface area contributed by atoms with Crippen LogP contribution in [0.2, 0.25) is 0 Å². The number of methoxy groups -OCH3 is 1. The molecule has 156 valence electrons. The molecule has 2 aromatic rings. The zero-order chi connectivity index (χ0) is 20.8. The number of ether oxygens (including phenoxy) is 1. The summed E-state index contributed by atoms with van der Waals surface area (Å²) in [5.74, 6) is -0.197. The minimum atomic E-state index is -0.275. The van der Waals surface area contributed by atoms with Gasteiger partial charge in [-0.1, -0.05) is 6.07 Å². The van der Waals surface area contributed by atoms with Crippen LogP contribution in [0.25, 0.3) is 0 Å². The molecule has 1 N–H and O–H groups in total. The highest BCUT2D eigenvalue weighted by atomic mass is 32.1. The van der Waals surface area contributed by atoms with Crippen molar-refractivity contribution in [2.45, 2.75) is 26.3 Å². The van der Waals surface area contributed by atoms with Crippen molar-refractivity contribution in [3.8, 4) is 0 Å². The van der Waals surface area contributed by atoms with Crippen LogP contribution in [0.1, 0.15) is 34.7 Å². The Labute approximate surface area is 179 Å². The third-order valence-corrected chi connectivity index (χ3v) is 6.72. The normalized spacial score (nSPS) is 16.0. The number of amides is 3. The SMILES string of the molecule is CCNC(=O)N(CCOC)CC(=O)N1N=C(c2cccs2)C[C@@H]1c1sccc1C. The lowest BCUT2D eigenvalue weighted by atomic mass is 10.1. The number of aryl methyl sites for hydroxylation is 1. The smallest absolute Gasteiger partial charge is 0.317 e. The molecule has 9 heteroatoms. The van der Waals surface area contributed by atoms with Crippen molar-refractivity contribution in [3.63, 3.8) is 0 Å². The van der Waals surface area contributed by atoms with Gasteiger partial charge in [0.05, 0.1) is 23.2 Å². The molecular formula is C20H26N4O3S2. The van der Waals surface area contributed by atoms with Crippen molar-refractivity contribution >= 4 is 40.3 Å². The first-order chi connectivity index (χ1) is 14.0. The van der Waals surface area contributed by atoms with Crippen LogP contribution >= 0.6 is 22.7 Å². The van der Waals surface area contributed by atoms with Gasteiger partial charge in [-0.25, -0.2) is 9.80 Å². The van der Waals surface area contributed by atoms with Gasteiger partial charge in [0.15, 0.2) is 0 Å². The Morgan fingerprint density at radius 3 is 2.79 bits per heavy atom. The number of carbonyl (C=O) groups is 2. The van der Waals surface area contributed by atoms with Gasteiger partial charge in [-0.15, -0.1) is 22.7 Å². The molecule has 0 fully saturated rings. The quantitative estimate of drug-likeness (QED) is 0.691. The molecule has 0 aliphatic carbocycles. The van der Waals surface area contributed by atoms with Gasteiger partial charge in [-0.3, -0.25) is 4.79 Å². The Morgan fingerprint density at radius 1 is 1.34 bits per heavy atom. The second-order valence-corrected chi connectivity index (χ2v) is 8.60. The van der Waals surface area contributed by atoms with E-state index in [9.17, 15) is 9.59 Å². The summed E-state index contributed by atoms with van der Waals surface area (Å²) in [4.78, 5) is 29.3. The first kappa shape index (κ1) is 21.5. The van der Waals surface area contributed by atoms with E-state index in [2.05, 4.69) is 23.4 Å². The van der Waals surface area contributed by atoms with Gasteiger partial charge < -0.3 is 15.0 Å². The molecule has 0 bridgehead atoms. The number of carbonyl (C=O) groups excluding carboxylic acids is 2. The van der Waals surface area contributed by atoms with Crippen molar-refractivity contribution in [1.82, 2.24) is 15.2 Å². The van der Waals surface area contributed by atoms with Crippen molar-refractivity contribution < 1.29 is 14.3 Å². The van der Waals surface area contributed by atoms with Crippen molar-refractivity contribution in [3.05, 3.63) is 44.3 Å². The fraction of sp³-hybridized carbons (Fsp3) is 0.450. The van der Waals surface area contributed by atoms with Crippen LogP contribution in [-0.2, 0) is 9.53 Å². The van der Waals surface area contributed by atoms with E-state index in [-0.39, 0.29) is 24.5 Å². The van der Waals surface area contributed by atoms with E-state index in [4.69, 9.17) is 4.74 Å². The molecule has 1 atom stereocenters. The van der Waals surface area contributed by atoms with E-state index in [1.165, 1.54) is 4.90 Å². The van der Waals surface area contributed by atoms with Crippen molar-refractivity contribution in [1.29, 1.82) is 0 Å². The fourth-order valence-corrected chi connectivity index (χ4v) is 4.95. The Balaban J connectivity index is 1.83. The molecule has 0 saturated carbocycles. The Morgan fingerprint density at radius 2 is 2.17 bits per heavy atom. The molecule has 0 aromatic carbocycles. The number of thiophene rings is 2. The minimum Gasteiger partial charge on any atom is -0.383 e. The van der Waals surface area contributed by atoms with E-state index in [0.717, 1.165) is 21.0 Å². The van der Waals surface area contributed by atoms with Gasteiger partial charge in [0.25, 0.3) is 5.91 Å². The average Bonchev–Trinajstić information content (AvgIpc) is 3.44. The molecule has 0 unspecified atom stereocenters. The molecule has 29 heavy (non-hydrogen) atoms. The maximum atomic E-state index is 13.2. The third kappa shape index (κ3) is 5.04. The number of nitrogens with zero attached hydrogens (tertiary/aromatic N) is 3. The van der Waals surface area contributed by atoms with E-state index < -0.39 is 0 Å². The van der Waals surface area contributed by atoms with E-state index >= 15 is 0 Å². The standard InChI is InChI=1S/C20H26N4O3S2/c1-4-21-20(26)23(8-9-27-3)13-18(25)24-16(19-14(2)7-11-29-19)12-15(22-24)17-6-5-10-28-17/h5-7,10-11,16H,4,8-9,12-13H2,1-3H3,(H,21,26)/t16-/m1/s1. The maximum Gasteiger partial charge on any atom is 0.317 e. The number of hydrazone groups is 1. The lowest BCUT2D eigenvalue weighted by Gasteiger charge is -2.26. The zero-order valence-electron chi connectivity index (χ0n) is 16.9. The second kappa shape index (κ2) is 10.00. The first-order valence-corrected chi connectivity index (χ1v) is 11.3. The van der Waals surface area contributed by atoms with Gasteiger partial charge in [0.2, 0.25) is 0 Å². The number of hydrogen-bond donors (Lipinski definition) is 1. The van der Waals surface area contributed by atoms with Crippen LogP contribution in [0.15, 0.2) is 34.1 Å². The average molecular weight is 435 g/mol. The second-order valence-electron chi connectivity index (χ2n) is 6.70. The molecule has 3 amide bonds. The zero-order valence-corrected chi connectivity index (χ0v) is 18.5. The van der Waals surface area contributed by atoms with Crippen LogP contribution in [0.3, 0.4) is 0 Å². The summed E-state index contributed by atoms with van der Waals surface area (Å²) < 4.78 is 5.10. The van der Waals surface area contributed by atoms with Crippen LogP contribution in [0.5, 0.6) is 0 Å². The van der Waals surface area contributed by atoms with Crippen LogP contribution in [0, 0.1) is 6.92 Å². The molecule has 7 nitrogen and oxygen atoms in total. The lowest BCUT2D eigenvalue weighted by Crippen LogP contribution is -2.47. The highest BCUT2D eigenvalue weighted by molar-refractivity contribution is 7.12. The van der Waals surface area contributed by atoms with Gasteiger partial charge in [0, 0.05) is 31.5 Å². The molecule has 2 aromatic heterocycles. The van der Waals surface area contributed by atoms with E-state index in [1.54, 1.807) is 34.8 Å². The highest BCUT2D eigenvalue weighted by Crippen LogP contribution is 2.37. The van der Waals surface area contributed by atoms with Crippen LogP contribution < -0.4 is 5.32 Å². The Hall–Kier alpha value is -2.23. The molecule has 1 aliphatic rings. The number of rotatable bonds is 8. The molecule has 0 radical (unpaired) electrons. The lowest BCUT2D eigenvalue weighted by molar-refractivity contribution is -0.133. The van der Waals surface area contributed by atoms with Crippen LogP contribution in [0.4, 0.5) is 4.79 Å². The predicted octanol–water partition coefficient (Wildman–Crippen LogP) is 3.47. The number of nitrogens with one attached hydrogen (secondary N) is 1. The van der Waals surface area contributed by atoms with Gasteiger partial charge in [-0.05, 0) is 42.3 Å². The minimum absolute atomic E-state index is 0.0443. The Kier molecular flexibility index (Phi) is 7.40. The summed E-state index contributed by atoms with van der Waals surface area (Å²) in [6, 6.07) is 5.65. The fourth-order valence-electron chi connectivity index (χ4n) is 3.21. The van der Waals surface area contributed by atoms with Gasteiger partial charge >= 0.3 is 6.03 Å². The summed E-state index contributed by atoms with van der Waals surface area (Å²) >= 11 is 3.26. The van der Waals surface area contributed by atoms with Gasteiger partial charge in [0.1, 0.15) is 6.54 Å².